The molecule has 3 aromatic rings. The van der Waals surface area contributed by atoms with E-state index in [0.717, 1.165) is 11.8 Å². The molecule has 11 heteroatoms. The summed E-state index contributed by atoms with van der Waals surface area (Å²) in [5.74, 6) is -1.44. The Balaban J connectivity index is 1.34. The maximum atomic E-state index is 12.4. The molecule has 0 saturated carbocycles. The van der Waals surface area contributed by atoms with E-state index < -0.39 is 17.1 Å². The van der Waals surface area contributed by atoms with Crippen LogP contribution >= 0.6 is 11.8 Å². The van der Waals surface area contributed by atoms with Gasteiger partial charge in [0.15, 0.2) is 5.69 Å². The normalized spacial score (nSPS) is 15.7. The molecule has 33 heavy (non-hydrogen) atoms. The summed E-state index contributed by atoms with van der Waals surface area (Å²) in [6, 6.07) is 13.4. The van der Waals surface area contributed by atoms with Crippen LogP contribution in [0.4, 0.5) is 11.4 Å². The van der Waals surface area contributed by atoms with E-state index in [1.807, 2.05) is 6.07 Å². The number of carbonyl (C=O) groups is 3. The van der Waals surface area contributed by atoms with Gasteiger partial charge in [0, 0.05) is 17.5 Å². The minimum atomic E-state index is -0.727. The predicted octanol–water partition coefficient (Wildman–Crippen LogP) is 4.16. The first-order valence-corrected chi connectivity index (χ1v) is 10.9. The first-order chi connectivity index (χ1) is 15.9. The number of H-pyrrole nitrogens is 1. The Morgan fingerprint density at radius 3 is 2.70 bits per heavy atom. The number of aromatic amines is 1. The number of thioether (sulfide) groups is 1. The number of aromatic nitrogens is 1. The van der Waals surface area contributed by atoms with Crippen molar-refractivity contribution in [2.45, 2.75) is 18.6 Å². The second-order valence-corrected chi connectivity index (χ2v) is 8.13. The smallest absolute Gasteiger partial charge is 0.338 e. The Hall–Kier alpha value is -3.99. The molecule has 0 spiro atoms. The van der Waals surface area contributed by atoms with Crippen LogP contribution in [0.3, 0.4) is 0 Å². The van der Waals surface area contributed by atoms with Crippen molar-refractivity contribution in [3.8, 4) is 5.88 Å². The fraction of sp³-hybridized carbons (Fsp3) is 0.182. The number of ether oxygens (including phenoxy) is 1. The second-order valence-electron chi connectivity index (χ2n) is 6.96. The molecule has 1 atom stereocenters. The van der Waals surface area contributed by atoms with E-state index in [9.17, 15) is 19.5 Å². The topological polar surface area (TPSA) is 146 Å². The van der Waals surface area contributed by atoms with Crippen molar-refractivity contribution >= 4 is 57.0 Å². The maximum absolute atomic E-state index is 12.4. The number of amides is 2. The minimum Gasteiger partial charge on any atom is -0.493 e. The summed E-state index contributed by atoms with van der Waals surface area (Å²) in [6.45, 7) is 1.99. The van der Waals surface area contributed by atoms with Crippen LogP contribution < -0.4 is 5.32 Å². The summed E-state index contributed by atoms with van der Waals surface area (Å²) in [4.78, 5) is 42.9. The molecule has 1 aromatic heterocycles. The standard InChI is InChI=1S/C22H19N5O5S/c1-2-32-21(31)12-7-9-13(10-8-12)23-17(28)11-16-19(29)25-22(33-16)27-26-18-14-5-3-4-6-15(14)24-20(18)30/h3-10,16,24,30H,2,11H2,1H3,(H,23,28)/t16-/m0/s1. The molecule has 1 aliphatic heterocycles. The number of esters is 1. The van der Waals surface area contributed by atoms with Gasteiger partial charge in [-0.2, -0.15) is 4.99 Å². The first kappa shape index (κ1) is 22.2. The molecule has 0 fully saturated rings. The molecule has 0 bridgehead atoms. The number of azo groups is 1. The largest absolute Gasteiger partial charge is 0.493 e. The van der Waals surface area contributed by atoms with Crippen molar-refractivity contribution in [3.05, 3.63) is 54.1 Å². The monoisotopic (exact) mass is 465 g/mol. The number of hydrogen-bond donors (Lipinski definition) is 3. The Morgan fingerprint density at radius 2 is 1.94 bits per heavy atom. The van der Waals surface area contributed by atoms with E-state index in [-0.39, 0.29) is 35.7 Å². The van der Waals surface area contributed by atoms with Crippen molar-refractivity contribution in [1.29, 1.82) is 0 Å². The zero-order valence-corrected chi connectivity index (χ0v) is 18.3. The average Bonchev–Trinajstić information content (AvgIpc) is 3.30. The number of nitrogens with one attached hydrogen (secondary N) is 2. The average molecular weight is 465 g/mol. The number of aromatic hydroxyl groups is 1. The van der Waals surface area contributed by atoms with Crippen LogP contribution in [0.2, 0.25) is 0 Å². The highest BCUT2D eigenvalue weighted by molar-refractivity contribution is 8.15. The van der Waals surface area contributed by atoms with Gasteiger partial charge >= 0.3 is 5.97 Å². The molecular formula is C22H19N5O5S. The van der Waals surface area contributed by atoms with Crippen molar-refractivity contribution in [3.63, 3.8) is 0 Å². The lowest BCUT2D eigenvalue weighted by atomic mass is 10.2. The van der Waals surface area contributed by atoms with Crippen LogP contribution in [0.5, 0.6) is 5.88 Å². The third-order valence-electron chi connectivity index (χ3n) is 4.67. The van der Waals surface area contributed by atoms with E-state index in [2.05, 4.69) is 25.5 Å². The Kier molecular flexibility index (Phi) is 6.50. The molecule has 2 heterocycles. The molecule has 0 unspecified atom stereocenters. The lowest BCUT2D eigenvalue weighted by Crippen LogP contribution is -2.21. The molecule has 168 valence electrons. The Bertz CT molecular complexity index is 1280. The van der Waals surface area contributed by atoms with Gasteiger partial charge in [-0.1, -0.05) is 30.0 Å². The summed E-state index contributed by atoms with van der Waals surface area (Å²) in [5.41, 5.74) is 1.81. The molecular weight excluding hydrogens is 446 g/mol. The Labute approximate surface area is 192 Å². The summed E-state index contributed by atoms with van der Waals surface area (Å²) in [6.07, 6.45) is -0.107. The zero-order valence-electron chi connectivity index (χ0n) is 17.4. The van der Waals surface area contributed by atoms with Gasteiger partial charge in [0.05, 0.1) is 17.7 Å². The second kappa shape index (κ2) is 9.65. The van der Waals surface area contributed by atoms with E-state index in [4.69, 9.17) is 4.74 Å². The van der Waals surface area contributed by atoms with Gasteiger partial charge in [-0.15, -0.1) is 10.2 Å². The van der Waals surface area contributed by atoms with Crippen LogP contribution in [0.25, 0.3) is 10.9 Å². The van der Waals surface area contributed by atoms with Crippen LogP contribution in [0.15, 0.2) is 63.8 Å². The first-order valence-electron chi connectivity index (χ1n) is 10.0. The maximum Gasteiger partial charge on any atom is 0.338 e. The fourth-order valence-electron chi connectivity index (χ4n) is 3.14. The van der Waals surface area contributed by atoms with Gasteiger partial charge in [-0.25, -0.2) is 4.79 Å². The highest BCUT2D eigenvalue weighted by Crippen LogP contribution is 2.36. The number of fused-ring (bicyclic) bond motifs is 1. The highest BCUT2D eigenvalue weighted by atomic mass is 32.2. The van der Waals surface area contributed by atoms with Gasteiger partial charge in [0.2, 0.25) is 17.0 Å². The summed E-state index contributed by atoms with van der Waals surface area (Å²) >= 11 is 1.03. The van der Waals surface area contributed by atoms with Crippen LogP contribution in [0, 0.1) is 0 Å². The molecule has 1 aliphatic rings. The number of benzene rings is 2. The number of hydrogen-bond acceptors (Lipinski definition) is 8. The van der Waals surface area contributed by atoms with E-state index in [0.29, 0.717) is 22.2 Å². The number of rotatable bonds is 6. The number of para-hydroxylation sites is 1. The van der Waals surface area contributed by atoms with Crippen molar-refractivity contribution < 1.29 is 24.2 Å². The van der Waals surface area contributed by atoms with Crippen LogP contribution in [-0.2, 0) is 14.3 Å². The van der Waals surface area contributed by atoms with Gasteiger partial charge in [0.1, 0.15) is 5.25 Å². The van der Waals surface area contributed by atoms with Gasteiger partial charge < -0.3 is 20.1 Å². The van der Waals surface area contributed by atoms with Crippen LogP contribution in [-0.4, -0.2) is 44.9 Å². The van der Waals surface area contributed by atoms with Gasteiger partial charge in [0.25, 0.3) is 5.91 Å². The third kappa shape index (κ3) is 5.09. The number of carbonyl (C=O) groups excluding carboxylic acids is 3. The number of aliphatic imine (C=N–C) groups is 1. The molecule has 2 aromatic carbocycles. The van der Waals surface area contributed by atoms with Crippen LogP contribution in [0.1, 0.15) is 23.7 Å². The number of amidine groups is 1. The van der Waals surface area contributed by atoms with E-state index >= 15 is 0 Å². The molecule has 3 N–H and O–H groups in total. The van der Waals surface area contributed by atoms with Crippen molar-refractivity contribution in [2.75, 3.05) is 11.9 Å². The molecule has 0 radical (unpaired) electrons. The fourth-order valence-corrected chi connectivity index (χ4v) is 4.01. The van der Waals surface area contributed by atoms with E-state index in [1.165, 1.54) is 0 Å². The quantitative estimate of drug-likeness (QED) is 0.368. The molecule has 0 saturated heterocycles. The predicted molar refractivity (Wildman–Crippen MR) is 124 cm³/mol. The third-order valence-corrected chi connectivity index (χ3v) is 5.71. The van der Waals surface area contributed by atoms with Gasteiger partial charge in [-0.05, 0) is 37.3 Å². The number of nitrogens with zero attached hydrogens (tertiary/aromatic N) is 3. The van der Waals surface area contributed by atoms with E-state index in [1.54, 1.807) is 49.4 Å². The molecule has 10 nitrogen and oxygen atoms in total. The minimum absolute atomic E-state index is 0.107. The van der Waals surface area contributed by atoms with Crippen molar-refractivity contribution in [2.24, 2.45) is 15.2 Å². The summed E-state index contributed by atoms with van der Waals surface area (Å²) in [5, 5.41) is 20.8. The molecule has 2 amide bonds. The lowest BCUT2D eigenvalue weighted by Gasteiger charge is -2.08. The van der Waals surface area contributed by atoms with Gasteiger partial charge in [-0.3, -0.25) is 9.59 Å². The SMILES string of the molecule is CCOC(=O)c1ccc(NC(=O)C[C@@H]2SC(N=Nc3c(O)[nH]c4ccccc34)=NC2=O)cc1. The molecule has 4 rings (SSSR count). The number of anilines is 1. The highest BCUT2D eigenvalue weighted by Gasteiger charge is 2.31. The summed E-state index contributed by atoms with van der Waals surface area (Å²) in [7, 11) is 0. The van der Waals surface area contributed by atoms with Crippen molar-refractivity contribution in [1.82, 2.24) is 4.98 Å². The summed E-state index contributed by atoms with van der Waals surface area (Å²) < 4.78 is 4.92. The Morgan fingerprint density at radius 1 is 1.18 bits per heavy atom. The molecule has 0 aliphatic carbocycles. The lowest BCUT2D eigenvalue weighted by molar-refractivity contribution is -0.121. The zero-order chi connectivity index (χ0) is 23.4.